The third-order valence-corrected chi connectivity index (χ3v) is 4.87. The van der Waals surface area contributed by atoms with Crippen molar-refractivity contribution in [3.63, 3.8) is 0 Å². The van der Waals surface area contributed by atoms with Crippen molar-refractivity contribution in [1.29, 1.82) is 0 Å². The van der Waals surface area contributed by atoms with Crippen LogP contribution < -0.4 is 5.32 Å². The SMILES string of the molecule is CCC(C)(C(=O)Nc1ccccc1)c1ccc(-c2ccccc2)cc1. The molecule has 3 aromatic rings. The molecule has 0 heterocycles. The Bertz CT molecular complexity index is 825. The van der Waals surface area contributed by atoms with E-state index in [0.717, 1.165) is 23.2 Å². The van der Waals surface area contributed by atoms with Crippen molar-refractivity contribution in [2.24, 2.45) is 0 Å². The van der Waals surface area contributed by atoms with Crippen LogP contribution in [-0.2, 0) is 10.2 Å². The zero-order valence-electron chi connectivity index (χ0n) is 14.7. The van der Waals surface area contributed by atoms with E-state index < -0.39 is 5.41 Å². The molecule has 0 fully saturated rings. The van der Waals surface area contributed by atoms with E-state index in [4.69, 9.17) is 0 Å². The average Bonchev–Trinajstić information content (AvgIpc) is 2.69. The van der Waals surface area contributed by atoms with Gasteiger partial charge in [-0.05, 0) is 42.2 Å². The number of para-hydroxylation sites is 1. The van der Waals surface area contributed by atoms with Crippen LogP contribution in [0.4, 0.5) is 5.69 Å². The Balaban J connectivity index is 1.85. The normalized spacial score (nSPS) is 13.0. The number of nitrogens with one attached hydrogen (secondary N) is 1. The van der Waals surface area contributed by atoms with E-state index in [-0.39, 0.29) is 5.91 Å². The van der Waals surface area contributed by atoms with Crippen LogP contribution in [0.3, 0.4) is 0 Å². The van der Waals surface area contributed by atoms with Crippen molar-refractivity contribution >= 4 is 11.6 Å². The third kappa shape index (κ3) is 3.63. The first kappa shape index (κ1) is 17.0. The second-order valence-corrected chi connectivity index (χ2v) is 6.45. The second kappa shape index (κ2) is 7.35. The molecule has 0 aliphatic rings. The van der Waals surface area contributed by atoms with Crippen molar-refractivity contribution in [3.8, 4) is 11.1 Å². The topological polar surface area (TPSA) is 29.1 Å². The van der Waals surface area contributed by atoms with Gasteiger partial charge in [0.25, 0.3) is 0 Å². The summed E-state index contributed by atoms with van der Waals surface area (Å²) in [6.45, 7) is 4.05. The number of carbonyl (C=O) groups is 1. The van der Waals surface area contributed by atoms with Gasteiger partial charge >= 0.3 is 0 Å². The molecule has 25 heavy (non-hydrogen) atoms. The average molecular weight is 329 g/mol. The van der Waals surface area contributed by atoms with Crippen LogP contribution >= 0.6 is 0 Å². The van der Waals surface area contributed by atoms with Crippen molar-refractivity contribution < 1.29 is 4.79 Å². The standard InChI is InChI=1S/C23H23NO/c1-3-23(2,22(25)24-21-12-8-5-9-13-21)20-16-14-19(15-17-20)18-10-6-4-7-11-18/h4-17H,3H2,1-2H3,(H,24,25). The summed E-state index contributed by atoms with van der Waals surface area (Å²) in [6, 6.07) is 28.2. The summed E-state index contributed by atoms with van der Waals surface area (Å²) in [4.78, 5) is 12.9. The fraction of sp³-hybridized carbons (Fsp3) is 0.174. The van der Waals surface area contributed by atoms with Crippen molar-refractivity contribution in [2.75, 3.05) is 5.32 Å². The molecule has 0 radical (unpaired) electrons. The lowest BCUT2D eigenvalue weighted by Gasteiger charge is -2.28. The highest BCUT2D eigenvalue weighted by Gasteiger charge is 2.33. The Labute approximate surface area is 149 Å². The summed E-state index contributed by atoms with van der Waals surface area (Å²) >= 11 is 0. The van der Waals surface area contributed by atoms with Gasteiger partial charge in [0.1, 0.15) is 0 Å². The quantitative estimate of drug-likeness (QED) is 0.643. The van der Waals surface area contributed by atoms with E-state index in [1.165, 1.54) is 5.56 Å². The number of hydrogen-bond acceptors (Lipinski definition) is 1. The number of hydrogen-bond donors (Lipinski definition) is 1. The highest BCUT2D eigenvalue weighted by Crippen LogP contribution is 2.31. The number of carbonyl (C=O) groups excluding carboxylic acids is 1. The molecule has 0 aromatic heterocycles. The molecule has 1 atom stereocenters. The summed E-state index contributed by atoms with van der Waals surface area (Å²) in [6.07, 6.45) is 0.732. The molecule has 0 aliphatic carbocycles. The maximum Gasteiger partial charge on any atom is 0.234 e. The first-order valence-corrected chi connectivity index (χ1v) is 8.66. The van der Waals surface area contributed by atoms with Crippen LogP contribution in [0.25, 0.3) is 11.1 Å². The maximum absolute atomic E-state index is 12.9. The van der Waals surface area contributed by atoms with E-state index in [2.05, 4.69) is 48.6 Å². The van der Waals surface area contributed by atoms with Crippen molar-refractivity contribution in [1.82, 2.24) is 0 Å². The van der Waals surface area contributed by atoms with E-state index in [1.807, 2.05) is 55.5 Å². The number of amides is 1. The van der Waals surface area contributed by atoms with Gasteiger partial charge in [0.15, 0.2) is 0 Å². The van der Waals surface area contributed by atoms with E-state index >= 15 is 0 Å². The summed E-state index contributed by atoms with van der Waals surface area (Å²) < 4.78 is 0. The predicted molar refractivity (Wildman–Crippen MR) is 105 cm³/mol. The van der Waals surface area contributed by atoms with E-state index in [1.54, 1.807) is 0 Å². The fourth-order valence-corrected chi connectivity index (χ4v) is 2.95. The Morgan fingerprint density at radius 3 is 1.88 bits per heavy atom. The van der Waals surface area contributed by atoms with Crippen LogP contribution in [0.1, 0.15) is 25.8 Å². The van der Waals surface area contributed by atoms with Gasteiger partial charge in [-0.1, -0.05) is 79.7 Å². The van der Waals surface area contributed by atoms with Gasteiger partial charge in [0, 0.05) is 5.69 Å². The van der Waals surface area contributed by atoms with Gasteiger partial charge in [0.2, 0.25) is 5.91 Å². The van der Waals surface area contributed by atoms with Gasteiger partial charge in [0.05, 0.1) is 5.41 Å². The van der Waals surface area contributed by atoms with Gasteiger partial charge in [-0.2, -0.15) is 0 Å². The molecule has 2 heteroatoms. The molecule has 0 spiro atoms. The lowest BCUT2D eigenvalue weighted by Crippen LogP contribution is -2.37. The van der Waals surface area contributed by atoms with Gasteiger partial charge in [-0.3, -0.25) is 4.79 Å². The smallest absolute Gasteiger partial charge is 0.234 e. The highest BCUT2D eigenvalue weighted by atomic mass is 16.2. The lowest BCUT2D eigenvalue weighted by molar-refractivity contribution is -0.121. The van der Waals surface area contributed by atoms with Crippen molar-refractivity contribution in [3.05, 3.63) is 90.5 Å². The Kier molecular flexibility index (Phi) is 4.99. The van der Waals surface area contributed by atoms with Crippen LogP contribution in [0.2, 0.25) is 0 Å². The zero-order chi connectivity index (χ0) is 17.7. The molecule has 1 unspecified atom stereocenters. The molecular weight excluding hydrogens is 306 g/mol. The summed E-state index contributed by atoms with van der Waals surface area (Å²) in [7, 11) is 0. The number of rotatable bonds is 5. The Hall–Kier alpha value is -2.87. The predicted octanol–water partition coefficient (Wildman–Crippen LogP) is 5.66. The summed E-state index contributed by atoms with van der Waals surface area (Å²) in [5, 5.41) is 3.04. The molecule has 0 bridgehead atoms. The molecule has 1 amide bonds. The largest absolute Gasteiger partial charge is 0.325 e. The molecule has 0 saturated heterocycles. The fourth-order valence-electron chi connectivity index (χ4n) is 2.95. The minimum atomic E-state index is -0.564. The summed E-state index contributed by atoms with van der Waals surface area (Å²) in [5.74, 6) is 0.0219. The molecule has 3 aromatic carbocycles. The minimum absolute atomic E-state index is 0.0219. The van der Waals surface area contributed by atoms with Crippen LogP contribution in [0, 0.1) is 0 Å². The zero-order valence-corrected chi connectivity index (χ0v) is 14.7. The first-order valence-electron chi connectivity index (χ1n) is 8.66. The second-order valence-electron chi connectivity index (χ2n) is 6.45. The summed E-state index contributed by atoms with van der Waals surface area (Å²) in [5.41, 5.74) is 3.63. The highest BCUT2D eigenvalue weighted by molar-refractivity contribution is 5.98. The Morgan fingerprint density at radius 2 is 1.32 bits per heavy atom. The number of benzene rings is 3. The minimum Gasteiger partial charge on any atom is -0.325 e. The van der Waals surface area contributed by atoms with Gasteiger partial charge in [-0.25, -0.2) is 0 Å². The monoisotopic (exact) mass is 329 g/mol. The van der Waals surface area contributed by atoms with Crippen LogP contribution in [-0.4, -0.2) is 5.91 Å². The molecule has 2 nitrogen and oxygen atoms in total. The van der Waals surface area contributed by atoms with Gasteiger partial charge in [-0.15, -0.1) is 0 Å². The molecule has 0 saturated carbocycles. The van der Waals surface area contributed by atoms with Crippen LogP contribution in [0.15, 0.2) is 84.9 Å². The number of anilines is 1. The molecule has 3 rings (SSSR count). The van der Waals surface area contributed by atoms with Crippen LogP contribution in [0.5, 0.6) is 0 Å². The molecular formula is C23H23NO. The molecule has 126 valence electrons. The van der Waals surface area contributed by atoms with Gasteiger partial charge < -0.3 is 5.32 Å². The lowest BCUT2D eigenvalue weighted by atomic mass is 9.78. The van der Waals surface area contributed by atoms with E-state index in [9.17, 15) is 4.79 Å². The molecule has 1 N–H and O–H groups in total. The Morgan fingerprint density at radius 1 is 0.800 bits per heavy atom. The van der Waals surface area contributed by atoms with Crippen molar-refractivity contribution in [2.45, 2.75) is 25.7 Å². The van der Waals surface area contributed by atoms with E-state index in [0.29, 0.717) is 0 Å². The molecule has 0 aliphatic heterocycles. The third-order valence-electron chi connectivity index (χ3n) is 4.87. The maximum atomic E-state index is 12.9. The first-order chi connectivity index (χ1) is 12.1.